The van der Waals surface area contributed by atoms with Crippen molar-refractivity contribution in [1.82, 2.24) is 4.90 Å². The molecule has 0 radical (unpaired) electrons. The summed E-state index contributed by atoms with van der Waals surface area (Å²) in [6.45, 7) is -0.968. The van der Waals surface area contributed by atoms with Crippen molar-refractivity contribution in [2.75, 3.05) is 13.1 Å². The molecule has 0 saturated carbocycles. The molecule has 0 aromatic heterocycles. The van der Waals surface area contributed by atoms with Crippen molar-refractivity contribution in [1.29, 1.82) is 0 Å². The lowest BCUT2D eigenvalue weighted by Gasteiger charge is -2.27. The molecule has 2 aliphatic heterocycles. The normalized spacial score (nSPS) is 20.3. The van der Waals surface area contributed by atoms with Crippen molar-refractivity contribution in [3.63, 3.8) is 0 Å². The summed E-state index contributed by atoms with van der Waals surface area (Å²) in [6, 6.07) is 6.18. The van der Waals surface area contributed by atoms with Crippen molar-refractivity contribution in [2.24, 2.45) is 4.99 Å². The van der Waals surface area contributed by atoms with Gasteiger partial charge in [-0.25, -0.2) is 0 Å². The van der Waals surface area contributed by atoms with Crippen LogP contribution in [0.4, 0.5) is 8.78 Å². The third-order valence-corrected chi connectivity index (χ3v) is 4.68. The van der Waals surface area contributed by atoms with Crippen LogP contribution in [0.2, 0.25) is 0 Å². The van der Waals surface area contributed by atoms with Gasteiger partial charge in [0.05, 0.1) is 4.91 Å². The zero-order valence-electron chi connectivity index (χ0n) is 12.4. The van der Waals surface area contributed by atoms with E-state index in [1.807, 2.05) is 0 Å². The minimum atomic E-state index is -2.84. The monoisotopic (exact) mass is 338 g/mol. The number of ether oxygens (including phenoxy) is 1. The third kappa shape index (κ3) is 4.10. The van der Waals surface area contributed by atoms with E-state index in [-0.39, 0.29) is 11.7 Å². The Kier molecular flexibility index (Phi) is 4.95. The predicted molar refractivity (Wildman–Crippen MR) is 86.5 cm³/mol. The van der Waals surface area contributed by atoms with Crippen molar-refractivity contribution in [2.45, 2.75) is 25.9 Å². The van der Waals surface area contributed by atoms with Gasteiger partial charge < -0.3 is 9.64 Å². The molecule has 23 heavy (non-hydrogen) atoms. The van der Waals surface area contributed by atoms with Gasteiger partial charge in [0.25, 0.3) is 5.91 Å². The van der Waals surface area contributed by atoms with Crippen LogP contribution in [-0.2, 0) is 4.79 Å². The van der Waals surface area contributed by atoms with E-state index in [0.29, 0.717) is 4.91 Å². The average Bonchev–Trinajstić information content (AvgIpc) is 2.91. The van der Waals surface area contributed by atoms with Crippen LogP contribution in [0.5, 0.6) is 5.75 Å². The van der Waals surface area contributed by atoms with E-state index in [0.717, 1.165) is 36.7 Å². The Morgan fingerprint density at radius 1 is 1.17 bits per heavy atom. The highest BCUT2D eigenvalue weighted by Gasteiger charge is 2.26. The maximum absolute atomic E-state index is 12.1. The zero-order valence-corrected chi connectivity index (χ0v) is 13.2. The fourth-order valence-corrected chi connectivity index (χ4v) is 3.48. The molecule has 1 saturated heterocycles. The van der Waals surface area contributed by atoms with E-state index >= 15 is 0 Å². The molecule has 1 aromatic rings. The highest BCUT2D eigenvalue weighted by atomic mass is 32.2. The first kappa shape index (κ1) is 16.0. The summed E-state index contributed by atoms with van der Waals surface area (Å²) in [5, 5.41) is 0.763. The molecule has 0 unspecified atom stereocenters. The standard InChI is InChI=1S/C16H16F2N2O2S/c17-15(18)22-12-6-4-11(5-7-12)10-13-14(21)19-16(23-13)20-8-2-1-3-9-20/h4-7,10,15H,1-3,8-9H2/b13-10-. The summed E-state index contributed by atoms with van der Waals surface area (Å²) >= 11 is 1.37. The second kappa shape index (κ2) is 7.12. The first-order valence-electron chi connectivity index (χ1n) is 7.44. The number of thioether (sulfide) groups is 1. The minimum absolute atomic E-state index is 0.0952. The predicted octanol–water partition coefficient (Wildman–Crippen LogP) is 3.74. The Morgan fingerprint density at radius 3 is 2.52 bits per heavy atom. The van der Waals surface area contributed by atoms with E-state index in [9.17, 15) is 13.6 Å². The lowest BCUT2D eigenvalue weighted by atomic mass is 10.1. The van der Waals surface area contributed by atoms with Crippen molar-refractivity contribution in [3.05, 3.63) is 34.7 Å². The lowest BCUT2D eigenvalue weighted by molar-refractivity contribution is -0.113. The molecule has 122 valence electrons. The van der Waals surface area contributed by atoms with Gasteiger partial charge in [0.2, 0.25) is 0 Å². The Labute approximate surface area is 137 Å². The van der Waals surface area contributed by atoms with Crippen molar-refractivity contribution < 1.29 is 18.3 Å². The van der Waals surface area contributed by atoms with Gasteiger partial charge in [-0.3, -0.25) is 4.79 Å². The maximum Gasteiger partial charge on any atom is 0.387 e. The van der Waals surface area contributed by atoms with E-state index in [4.69, 9.17) is 0 Å². The Morgan fingerprint density at radius 2 is 1.87 bits per heavy atom. The molecular formula is C16H16F2N2O2S. The van der Waals surface area contributed by atoms with Gasteiger partial charge in [0, 0.05) is 13.1 Å². The first-order chi connectivity index (χ1) is 11.1. The molecule has 1 amide bonds. The van der Waals surface area contributed by atoms with Crippen LogP contribution in [0, 0.1) is 0 Å². The summed E-state index contributed by atoms with van der Waals surface area (Å²) in [7, 11) is 0. The number of piperidine rings is 1. The number of aliphatic imine (C=N–C) groups is 1. The number of benzene rings is 1. The Hall–Kier alpha value is -1.89. The molecule has 0 N–H and O–H groups in total. The van der Waals surface area contributed by atoms with Crippen LogP contribution in [0.15, 0.2) is 34.2 Å². The van der Waals surface area contributed by atoms with Crippen LogP contribution in [0.1, 0.15) is 24.8 Å². The molecule has 1 aromatic carbocycles. The Balaban J connectivity index is 1.67. The molecule has 0 atom stereocenters. The number of amidine groups is 1. The van der Waals surface area contributed by atoms with Crippen LogP contribution in [-0.4, -0.2) is 35.7 Å². The Bertz CT molecular complexity index is 638. The third-order valence-electron chi connectivity index (χ3n) is 3.64. The summed E-state index contributed by atoms with van der Waals surface area (Å²) < 4.78 is 28.5. The molecule has 2 aliphatic rings. The number of carbonyl (C=O) groups excluding carboxylic acids is 1. The molecule has 0 bridgehead atoms. The van der Waals surface area contributed by atoms with E-state index in [1.165, 1.54) is 30.3 Å². The smallest absolute Gasteiger partial charge is 0.387 e. The van der Waals surface area contributed by atoms with E-state index < -0.39 is 6.61 Å². The number of hydrogen-bond acceptors (Lipinski definition) is 4. The highest BCUT2D eigenvalue weighted by Crippen LogP contribution is 2.31. The van der Waals surface area contributed by atoms with Gasteiger partial charge in [-0.05, 0) is 54.8 Å². The van der Waals surface area contributed by atoms with Gasteiger partial charge in [-0.1, -0.05) is 12.1 Å². The number of amides is 1. The fourth-order valence-electron chi connectivity index (χ4n) is 2.52. The second-order valence-electron chi connectivity index (χ2n) is 5.31. The van der Waals surface area contributed by atoms with Gasteiger partial charge in [-0.2, -0.15) is 13.8 Å². The first-order valence-corrected chi connectivity index (χ1v) is 8.26. The van der Waals surface area contributed by atoms with Crippen LogP contribution >= 0.6 is 11.8 Å². The van der Waals surface area contributed by atoms with Crippen molar-refractivity contribution in [3.8, 4) is 5.75 Å². The van der Waals surface area contributed by atoms with Gasteiger partial charge in [-0.15, -0.1) is 0 Å². The fraction of sp³-hybridized carbons (Fsp3) is 0.375. The quantitative estimate of drug-likeness (QED) is 0.787. The molecule has 1 fully saturated rings. The van der Waals surface area contributed by atoms with Crippen LogP contribution in [0.3, 0.4) is 0 Å². The lowest BCUT2D eigenvalue weighted by Crippen LogP contribution is -2.33. The molecule has 3 rings (SSSR count). The number of carbonyl (C=O) groups is 1. The maximum atomic E-state index is 12.1. The SMILES string of the molecule is O=C1N=C(N2CCCCC2)S/C1=C\c1ccc(OC(F)F)cc1. The summed E-state index contributed by atoms with van der Waals surface area (Å²) in [4.78, 5) is 18.8. The summed E-state index contributed by atoms with van der Waals surface area (Å²) in [5.74, 6) is -0.152. The van der Waals surface area contributed by atoms with Crippen LogP contribution in [0.25, 0.3) is 6.08 Å². The molecule has 4 nitrogen and oxygen atoms in total. The topological polar surface area (TPSA) is 41.9 Å². The summed E-state index contributed by atoms with van der Waals surface area (Å²) in [6.07, 6.45) is 5.19. The number of halogens is 2. The van der Waals surface area contributed by atoms with Gasteiger partial charge >= 0.3 is 6.61 Å². The zero-order chi connectivity index (χ0) is 16.2. The van der Waals surface area contributed by atoms with Gasteiger partial charge in [0.15, 0.2) is 5.17 Å². The largest absolute Gasteiger partial charge is 0.435 e. The molecule has 7 heteroatoms. The van der Waals surface area contributed by atoms with Gasteiger partial charge in [0.1, 0.15) is 5.75 Å². The number of hydrogen-bond donors (Lipinski definition) is 0. The van der Waals surface area contributed by atoms with E-state index in [2.05, 4.69) is 14.6 Å². The average molecular weight is 338 g/mol. The van der Waals surface area contributed by atoms with E-state index in [1.54, 1.807) is 18.2 Å². The highest BCUT2D eigenvalue weighted by molar-refractivity contribution is 8.18. The minimum Gasteiger partial charge on any atom is -0.435 e. The number of likely N-dealkylation sites (tertiary alicyclic amines) is 1. The summed E-state index contributed by atoms with van der Waals surface area (Å²) in [5.41, 5.74) is 0.748. The number of alkyl halides is 2. The number of rotatable bonds is 3. The second-order valence-corrected chi connectivity index (χ2v) is 6.31. The molecule has 0 spiro atoms. The van der Waals surface area contributed by atoms with Crippen molar-refractivity contribution >= 4 is 28.9 Å². The number of nitrogens with zero attached hydrogens (tertiary/aromatic N) is 2. The molecule has 2 heterocycles. The molecular weight excluding hydrogens is 322 g/mol. The van der Waals surface area contributed by atoms with Crippen LogP contribution < -0.4 is 4.74 Å². The molecule has 0 aliphatic carbocycles.